The molecule has 0 heterocycles. The first kappa shape index (κ1) is 17.5. The third-order valence-corrected chi connectivity index (χ3v) is 3.41. The van der Waals surface area contributed by atoms with Gasteiger partial charge in [0.05, 0.1) is 13.0 Å². The molecule has 0 saturated heterocycles. The summed E-state index contributed by atoms with van der Waals surface area (Å²) in [7, 11) is 3.40. The highest BCUT2D eigenvalue weighted by atomic mass is 16.5. The molecule has 5 nitrogen and oxygen atoms in total. The van der Waals surface area contributed by atoms with Crippen molar-refractivity contribution < 1.29 is 14.3 Å². The number of nitrogens with zero attached hydrogens (tertiary/aromatic N) is 1. The minimum absolute atomic E-state index is 0.0700. The zero-order chi connectivity index (χ0) is 17.5. The number of ether oxygens (including phenoxy) is 1. The fourth-order valence-corrected chi connectivity index (χ4v) is 2.14. The predicted molar refractivity (Wildman–Crippen MR) is 94.4 cm³/mol. The van der Waals surface area contributed by atoms with E-state index in [9.17, 15) is 9.59 Å². The van der Waals surface area contributed by atoms with Crippen molar-refractivity contribution in [1.29, 1.82) is 0 Å². The molecule has 2 rings (SSSR count). The van der Waals surface area contributed by atoms with Gasteiger partial charge in [0.2, 0.25) is 5.91 Å². The van der Waals surface area contributed by atoms with Gasteiger partial charge < -0.3 is 15.0 Å². The minimum Gasteiger partial charge on any atom is -0.493 e. The van der Waals surface area contributed by atoms with Crippen LogP contribution in [0.25, 0.3) is 0 Å². The molecule has 0 aliphatic rings. The van der Waals surface area contributed by atoms with E-state index in [1.807, 2.05) is 31.2 Å². The summed E-state index contributed by atoms with van der Waals surface area (Å²) in [4.78, 5) is 25.2. The summed E-state index contributed by atoms with van der Waals surface area (Å²) in [6.07, 6.45) is 0.256. The molecule has 126 valence electrons. The molecule has 2 aromatic carbocycles. The molecule has 0 atom stereocenters. The van der Waals surface area contributed by atoms with E-state index in [0.29, 0.717) is 17.9 Å². The molecule has 0 saturated carbocycles. The highest BCUT2D eigenvalue weighted by Crippen LogP contribution is 2.13. The molecule has 0 bridgehead atoms. The fourth-order valence-electron chi connectivity index (χ4n) is 2.14. The van der Waals surface area contributed by atoms with Crippen molar-refractivity contribution in [2.45, 2.75) is 13.3 Å². The third-order valence-electron chi connectivity index (χ3n) is 3.41. The summed E-state index contributed by atoms with van der Waals surface area (Å²) in [5.41, 5.74) is 2.36. The Labute approximate surface area is 142 Å². The van der Waals surface area contributed by atoms with Crippen LogP contribution in [0, 0.1) is 6.92 Å². The molecule has 0 unspecified atom stereocenters. The van der Waals surface area contributed by atoms with Crippen LogP contribution in [0.2, 0.25) is 0 Å². The molecule has 5 heteroatoms. The second-order valence-corrected chi connectivity index (χ2v) is 5.74. The van der Waals surface area contributed by atoms with Crippen molar-refractivity contribution in [1.82, 2.24) is 4.90 Å². The summed E-state index contributed by atoms with van der Waals surface area (Å²) in [6, 6.07) is 14.5. The van der Waals surface area contributed by atoms with E-state index in [2.05, 4.69) is 5.32 Å². The number of hydrogen-bond donors (Lipinski definition) is 1. The number of carbonyl (C=O) groups is 2. The van der Waals surface area contributed by atoms with E-state index in [1.165, 1.54) is 4.90 Å². The van der Waals surface area contributed by atoms with E-state index in [0.717, 1.165) is 11.3 Å². The van der Waals surface area contributed by atoms with Crippen LogP contribution < -0.4 is 10.1 Å². The smallest absolute Gasteiger partial charge is 0.253 e. The molecular formula is C19H22N2O3. The van der Waals surface area contributed by atoms with Crippen molar-refractivity contribution in [3.63, 3.8) is 0 Å². The minimum atomic E-state index is -0.130. The molecule has 0 radical (unpaired) electrons. The van der Waals surface area contributed by atoms with Gasteiger partial charge >= 0.3 is 0 Å². The molecular weight excluding hydrogens is 304 g/mol. The predicted octanol–water partition coefficient (Wildman–Crippen LogP) is 3.10. The van der Waals surface area contributed by atoms with Crippen LogP contribution in [0.4, 0.5) is 5.69 Å². The number of nitrogens with one attached hydrogen (secondary N) is 1. The summed E-state index contributed by atoms with van der Waals surface area (Å²) in [5.74, 6) is 0.558. The normalized spacial score (nSPS) is 10.1. The van der Waals surface area contributed by atoms with E-state index in [1.54, 1.807) is 38.4 Å². The van der Waals surface area contributed by atoms with Gasteiger partial charge in [0.25, 0.3) is 5.91 Å². The number of amides is 2. The first-order chi connectivity index (χ1) is 11.5. The SMILES string of the molecule is Cc1cccc(OCCC(=O)Nc2ccc(C(=O)N(C)C)cc2)c1. The lowest BCUT2D eigenvalue weighted by molar-refractivity contribution is -0.116. The maximum absolute atomic E-state index is 11.9. The Balaban J connectivity index is 1.81. The van der Waals surface area contributed by atoms with Crippen LogP contribution in [0.15, 0.2) is 48.5 Å². The molecule has 0 aromatic heterocycles. The Kier molecular flexibility index (Phi) is 5.95. The monoisotopic (exact) mass is 326 g/mol. The Hall–Kier alpha value is -2.82. The average molecular weight is 326 g/mol. The van der Waals surface area contributed by atoms with Crippen molar-refractivity contribution >= 4 is 17.5 Å². The summed E-state index contributed by atoms with van der Waals surface area (Å²) >= 11 is 0. The number of rotatable bonds is 6. The standard InChI is InChI=1S/C19H22N2O3/c1-14-5-4-6-17(13-14)24-12-11-18(22)20-16-9-7-15(8-10-16)19(23)21(2)3/h4-10,13H,11-12H2,1-3H3,(H,20,22). The fraction of sp³-hybridized carbons (Fsp3) is 0.263. The highest BCUT2D eigenvalue weighted by Gasteiger charge is 2.08. The van der Waals surface area contributed by atoms with Gasteiger partial charge in [0.1, 0.15) is 5.75 Å². The topological polar surface area (TPSA) is 58.6 Å². The molecule has 0 aliphatic carbocycles. The lowest BCUT2D eigenvalue weighted by Crippen LogP contribution is -2.21. The Morgan fingerprint density at radius 3 is 2.42 bits per heavy atom. The van der Waals surface area contributed by atoms with E-state index in [4.69, 9.17) is 4.74 Å². The van der Waals surface area contributed by atoms with E-state index in [-0.39, 0.29) is 18.2 Å². The van der Waals surface area contributed by atoms with Crippen LogP contribution >= 0.6 is 0 Å². The molecule has 0 spiro atoms. The lowest BCUT2D eigenvalue weighted by Gasteiger charge is -2.11. The number of aryl methyl sites for hydroxylation is 1. The second-order valence-electron chi connectivity index (χ2n) is 5.74. The maximum atomic E-state index is 11.9. The van der Waals surface area contributed by atoms with Crippen LogP contribution in [-0.4, -0.2) is 37.4 Å². The number of benzene rings is 2. The van der Waals surface area contributed by atoms with Gasteiger partial charge in [-0.3, -0.25) is 9.59 Å². The van der Waals surface area contributed by atoms with Crippen LogP contribution in [0.3, 0.4) is 0 Å². The van der Waals surface area contributed by atoms with Crippen LogP contribution in [-0.2, 0) is 4.79 Å². The van der Waals surface area contributed by atoms with Crippen molar-refractivity contribution in [3.8, 4) is 5.75 Å². The summed E-state index contributed by atoms with van der Waals surface area (Å²) in [6.45, 7) is 2.30. The van der Waals surface area contributed by atoms with Gasteiger partial charge in [-0.05, 0) is 48.9 Å². The average Bonchev–Trinajstić information content (AvgIpc) is 2.55. The van der Waals surface area contributed by atoms with Crippen LogP contribution in [0.1, 0.15) is 22.3 Å². The Morgan fingerprint density at radius 2 is 1.79 bits per heavy atom. The molecule has 0 fully saturated rings. The maximum Gasteiger partial charge on any atom is 0.253 e. The third kappa shape index (κ3) is 5.12. The summed E-state index contributed by atoms with van der Waals surface area (Å²) < 4.78 is 5.56. The van der Waals surface area contributed by atoms with Gasteiger partial charge in [-0.25, -0.2) is 0 Å². The number of anilines is 1. The van der Waals surface area contributed by atoms with Gasteiger partial charge in [-0.15, -0.1) is 0 Å². The second kappa shape index (κ2) is 8.15. The van der Waals surface area contributed by atoms with Gasteiger partial charge in [-0.1, -0.05) is 12.1 Å². The first-order valence-corrected chi connectivity index (χ1v) is 7.77. The van der Waals surface area contributed by atoms with Gasteiger partial charge in [0.15, 0.2) is 0 Å². The molecule has 24 heavy (non-hydrogen) atoms. The Morgan fingerprint density at radius 1 is 1.08 bits per heavy atom. The number of hydrogen-bond acceptors (Lipinski definition) is 3. The largest absolute Gasteiger partial charge is 0.493 e. The molecule has 2 amide bonds. The quantitative estimate of drug-likeness (QED) is 0.887. The van der Waals surface area contributed by atoms with Crippen molar-refractivity contribution in [2.75, 3.05) is 26.0 Å². The van der Waals surface area contributed by atoms with Crippen LogP contribution in [0.5, 0.6) is 5.75 Å². The molecule has 0 aliphatic heterocycles. The zero-order valence-electron chi connectivity index (χ0n) is 14.2. The summed E-state index contributed by atoms with van der Waals surface area (Å²) in [5, 5.41) is 2.79. The number of carbonyl (C=O) groups excluding carboxylic acids is 2. The van der Waals surface area contributed by atoms with Crippen molar-refractivity contribution in [3.05, 3.63) is 59.7 Å². The first-order valence-electron chi connectivity index (χ1n) is 7.77. The van der Waals surface area contributed by atoms with E-state index < -0.39 is 0 Å². The zero-order valence-corrected chi connectivity index (χ0v) is 14.2. The Bertz CT molecular complexity index is 709. The van der Waals surface area contributed by atoms with Gasteiger partial charge in [-0.2, -0.15) is 0 Å². The van der Waals surface area contributed by atoms with Crippen molar-refractivity contribution in [2.24, 2.45) is 0 Å². The molecule has 2 aromatic rings. The molecule has 1 N–H and O–H groups in total. The lowest BCUT2D eigenvalue weighted by atomic mass is 10.2. The van der Waals surface area contributed by atoms with E-state index >= 15 is 0 Å². The van der Waals surface area contributed by atoms with Gasteiger partial charge in [0, 0.05) is 25.3 Å². The highest BCUT2D eigenvalue weighted by molar-refractivity contribution is 5.95.